The van der Waals surface area contributed by atoms with Crippen LogP contribution in [0.4, 0.5) is 10.1 Å². The molecule has 0 spiro atoms. The highest BCUT2D eigenvalue weighted by Gasteiger charge is 2.15. The van der Waals surface area contributed by atoms with Gasteiger partial charge in [0.25, 0.3) is 0 Å². The van der Waals surface area contributed by atoms with Gasteiger partial charge >= 0.3 is 0 Å². The van der Waals surface area contributed by atoms with Crippen LogP contribution >= 0.6 is 0 Å². The number of aryl methyl sites for hydroxylation is 1. The quantitative estimate of drug-likeness (QED) is 0.783. The second-order valence-corrected chi connectivity index (χ2v) is 5.83. The van der Waals surface area contributed by atoms with Crippen LogP contribution in [-0.2, 0) is 16.4 Å². The van der Waals surface area contributed by atoms with Crippen molar-refractivity contribution in [2.75, 3.05) is 12.3 Å². The van der Waals surface area contributed by atoms with Crippen molar-refractivity contribution in [2.24, 2.45) is 0 Å². The largest absolute Gasteiger partial charge is 0.396 e. The smallest absolute Gasteiger partial charge is 0.240 e. The molecule has 0 unspecified atom stereocenters. The molecule has 0 saturated heterocycles. The topological polar surface area (TPSA) is 111 Å². The molecule has 0 aliphatic heterocycles. The second-order valence-electron chi connectivity index (χ2n) is 4.07. The third-order valence-electron chi connectivity index (χ3n) is 2.48. The van der Waals surface area contributed by atoms with E-state index in [2.05, 4.69) is 14.9 Å². The number of hydrogen-bond acceptors (Lipinski definition) is 6. The summed E-state index contributed by atoms with van der Waals surface area (Å²) in [6.07, 6.45) is 0.248. The van der Waals surface area contributed by atoms with Crippen molar-refractivity contribution in [3.8, 4) is 0 Å². The molecule has 0 radical (unpaired) electrons. The van der Waals surface area contributed by atoms with Gasteiger partial charge in [-0.3, -0.25) is 0 Å². The predicted octanol–water partition coefficient (Wildman–Crippen LogP) is 0.620. The number of nitrogens with one attached hydrogen (secondary N) is 1. The van der Waals surface area contributed by atoms with Gasteiger partial charge in [0, 0.05) is 13.0 Å². The molecule has 108 valence electrons. The van der Waals surface area contributed by atoms with Crippen molar-refractivity contribution in [2.45, 2.75) is 18.2 Å². The van der Waals surface area contributed by atoms with Gasteiger partial charge in [0.15, 0.2) is 5.82 Å². The van der Waals surface area contributed by atoms with E-state index in [-0.39, 0.29) is 23.5 Å². The molecule has 0 saturated carbocycles. The lowest BCUT2D eigenvalue weighted by Crippen LogP contribution is -2.26. The fourth-order valence-electron chi connectivity index (χ4n) is 1.49. The third kappa shape index (κ3) is 3.31. The van der Waals surface area contributed by atoms with E-state index < -0.39 is 15.8 Å². The molecule has 1 aromatic carbocycles. The SMILES string of the molecule is Cc1noc(CCNS(=O)(=O)c2ccc(N)c(F)c2)n1. The Morgan fingerprint density at radius 3 is 2.80 bits per heavy atom. The fraction of sp³-hybridized carbons (Fsp3) is 0.273. The molecule has 0 bridgehead atoms. The number of hydrogen-bond donors (Lipinski definition) is 2. The van der Waals surface area contributed by atoms with Crippen molar-refractivity contribution in [3.05, 3.63) is 35.7 Å². The summed E-state index contributed by atoms with van der Waals surface area (Å²) in [5.41, 5.74) is 5.19. The maximum atomic E-state index is 13.2. The summed E-state index contributed by atoms with van der Waals surface area (Å²) in [5.74, 6) is 0.0255. The molecule has 1 heterocycles. The van der Waals surface area contributed by atoms with Gasteiger partial charge in [-0.2, -0.15) is 4.98 Å². The van der Waals surface area contributed by atoms with Crippen molar-refractivity contribution in [3.63, 3.8) is 0 Å². The van der Waals surface area contributed by atoms with Crippen LogP contribution in [0, 0.1) is 12.7 Å². The first-order valence-corrected chi connectivity index (χ1v) is 7.21. The van der Waals surface area contributed by atoms with E-state index in [0.29, 0.717) is 11.7 Å². The summed E-state index contributed by atoms with van der Waals surface area (Å²) in [6.45, 7) is 1.73. The highest BCUT2D eigenvalue weighted by Crippen LogP contribution is 2.15. The van der Waals surface area contributed by atoms with Gasteiger partial charge in [-0.15, -0.1) is 0 Å². The minimum atomic E-state index is -3.80. The van der Waals surface area contributed by atoms with Crippen LogP contribution in [-0.4, -0.2) is 25.1 Å². The maximum Gasteiger partial charge on any atom is 0.240 e. The van der Waals surface area contributed by atoms with E-state index in [1.165, 1.54) is 12.1 Å². The van der Waals surface area contributed by atoms with Crippen molar-refractivity contribution in [1.29, 1.82) is 0 Å². The number of rotatable bonds is 5. The normalized spacial score (nSPS) is 11.7. The van der Waals surface area contributed by atoms with Gasteiger partial charge < -0.3 is 10.3 Å². The predicted molar refractivity (Wildman–Crippen MR) is 68.7 cm³/mol. The first-order valence-electron chi connectivity index (χ1n) is 5.72. The molecule has 2 aromatic rings. The van der Waals surface area contributed by atoms with Gasteiger partial charge in [-0.05, 0) is 25.1 Å². The number of aromatic nitrogens is 2. The molecule has 0 fully saturated rings. The Morgan fingerprint density at radius 2 is 2.20 bits per heavy atom. The van der Waals surface area contributed by atoms with Crippen molar-refractivity contribution < 1.29 is 17.3 Å². The average Bonchev–Trinajstić information content (AvgIpc) is 2.78. The van der Waals surface area contributed by atoms with Gasteiger partial charge in [0.05, 0.1) is 10.6 Å². The first kappa shape index (κ1) is 14.4. The minimum absolute atomic E-state index is 0.0654. The summed E-state index contributed by atoms with van der Waals surface area (Å²) < 4.78 is 44.2. The van der Waals surface area contributed by atoms with Crippen molar-refractivity contribution in [1.82, 2.24) is 14.9 Å². The standard InChI is InChI=1S/C11H13FN4O3S/c1-7-15-11(19-16-7)4-5-14-20(17,18)8-2-3-10(13)9(12)6-8/h2-3,6,14H,4-5,13H2,1H3. The Kier molecular flexibility index (Phi) is 4.00. The lowest BCUT2D eigenvalue weighted by Gasteiger charge is -2.06. The molecule has 0 aliphatic carbocycles. The molecular weight excluding hydrogens is 287 g/mol. The van der Waals surface area contributed by atoms with E-state index in [9.17, 15) is 12.8 Å². The molecule has 20 heavy (non-hydrogen) atoms. The Labute approximate surface area is 115 Å². The summed E-state index contributed by atoms with van der Waals surface area (Å²) >= 11 is 0. The van der Waals surface area contributed by atoms with E-state index >= 15 is 0 Å². The monoisotopic (exact) mass is 300 g/mol. The maximum absolute atomic E-state index is 13.2. The van der Waals surface area contributed by atoms with Gasteiger partial charge in [0.2, 0.25) is 15.9 Å². The molecule has 1 aromatic heterocycles. The summed E-state index contributed by atoms with van der Waals surface area (Å²) in [7, 11) is -3.80. The highest BCUT2D eigenvalue weighted by atomic mass is 32.2. The van der Waals surface area contributed by atoms with Crippen molar-refractivity contribution >= 4 is 15.7 Å². The van der Waals surface area contributed by atoms with E-state index in [0.717, 1.165) is 6.07 Å². The minimum Gasteiger partial charge on any atom is -0.396 e. The number of halogens is 1. The van der Waals surface area contributed by atoms with Crippen LogP contribution in [0.2, 0.25) is 0 Å². The lowest BCUT2D eigenvalue weighted by molar-refractivity contribution is 0.375. The average molecular weight is 300 g/mol. The zero-order valence-electron chi connectivity index (χ0n) is 10.6. The van der Waals surface area contributed by atoms with Crippen LogP contribution < -0.4 is 10.5 Å². The number of anilines is 1. The number of benzene rings is 1. The molecule has 0 amide bonds. The fourth-order valence-corrected chi connectivity index (χ4v) is 2.54. The van der Waals surface area contributed by atoms with E-state index in [1.807, 2.05) is 0 Å². The van der Waals surface area contributed by atoms with Crippen LogP contribution in [0.3, 0.4) is 0 Å². The molecule has 0 aliphatic rings. The number of nitrogen functional groups attached to an aromatic ring is 1. The molecule has 2 rings (SSSR count). The van der Waals surface area contributed by atoms with Crippen LogP contribution in [0.25, 0.3) is 0 Å². The Bertz CT molecular complexity index is 714. The number of nitrogens with zero attached hydrogens (tertiary/aromatic N) is 2. The van der Waals surface area contributed by atoms with Gasteiger partial charge in [-0.1, -0.05) is 5.16 Å². The molecular formula is C11H13FN4O3S. The van der Waals surface area contributed by atoms with Crippen LogP contribution in [0.5, 0.6) is 0 Å². The zero-order chi connectivity index (χ0) is 14.8. The zero-order valence-corrected chi connectivity index (χ0v) is 11.4. The summed E-state index contributed by atoms with van der Waals surface area (Å²) in [5, 5.41) is 3.58. The summed E-state index contributed by atoms with van der Waals surface area (Å²) in [6, 6.07) is 3.30. The Morgan fingerprint density at radius 1 is 1.45 bits per heavy atom. The molecule has 3 N–H and O–H groups in total. The Hall–Kier alpha value is -2.00. The Balaban J connectivity index is 2.02. The van der Waals surface area contributed by atoms with Gasteiger partial charge in [-0.25, -0.2) is 17.5 Å². The van der Waals surface area contributed by atoms with Gasteiger partial charge in [0.1, 0.15) is 5.82 Å². The second kappa shape index (κ2) is 5.55. The summed E-state index contributed by atoms with van der Waals surface area (Å²) in [4.78, 5) is 3.75. The number of sulfonamides is 1. The lowest BCUT2D eigenvalue weighted by atomic mass is 10.3. The van der Waals surface area contributed by atoms with E-state index in [1.54, 1.807) is 6.92 Å². The highest BCUT2D eigenvalue weighted by molar-refractivity contribution is 7.89. The molecule has 9 heteroatoms. The van der Waals surface area contributed by atoms with Crippen LogP contribution in [0.15, 0.2) is 27.6 Å². The molecule has 7 nitrogen and oxygen atoms in total. The number of nitrogens with two attached hydrogens (primary N) is 1. The molecule has 0 atom stereocenters. The van der Waals surface area contributed by atoms with E-state index in [4.69, 9.17) is 10.3 Å². The van der Waals surface area contributed by atoms with Crippen LogP contribution in [0.1, 0.15) is 11.7 Å². The third-order valence-corrected chi connectivity index (χ3v) is 3.94. The first-order chi connectivity index (χ1) is 9.38.